The van der Waals surface area contributed by atoms with E-state index in [4.69, 9.17) is 9.84 Å². The zero-order valence-electron chi connectivity index (χ0n) is 8.51. The van der Waals surface area contributed by atoms with E-state index in [0.717, 1.165) is 12.8 Å². The van der Waals surface area contributed by atoms with Crippen molar-refractivity contribution in [2.45, 2.75) is 24.9 Å². The molecule has 0 aromatic heterocycles. The molecule has 0 atom stereocenters. The molecule has 1 aliphatic carbocycles. The van der Waals surface area contributed by atoms with Gasteiger partial charge in [0.25, 0.3) is 0 Å². The van der Waals surface area contributed by atoms with E-state index >= 15 is 0 Å². The Morgan fingerprint density at radius 1 is 1.64 bits per heavy atom. The first kappa shape index (κ1) is 11.2. The van der Waals surface area contributed by atoms with Crippen LogP contribution in [0.3, 0.4) is 0 Å². The normalized spacial score (nSPS) is 18.6. The van der Waals surface area contributed by atoms with E-state index in [2.05, 4.69) is 11.9 Å². The highest BCUT2D eigenvalue weighted by molar-refractivity contribution is 5.86. The lowest BCUT2D eigenvalue weighted by molar-refractivity contribution is -0.132. The van der Waals surface area contributed by atoms with E-state index < -0.39 is 5.97 Å². The monoisotopic (exact) mass is 199 g/mol. The molecular formula is C10H17NO3. The predicted molar refractivity (Wildman–Crippen MR) is 53.2 cm³/mol. The number of carboxylic acids is 1. The SMILES string of the molecule is C=C(CNCC1(OC)CCC1)C(=O)O. The van der Waals surface area contributed by atoms with Crippen molar-refractivity contribution in [3.8, 4) is 0 Å². The van der Waals surface area contributed by atoms with Crippen LogP contribution in [-0.4, -0.2) is 36.9 Å². The maximum atomic E-state index is 10.4. The molecule has 0 bridgehead atoms. The Hall–Kier alpha value is -0.870. The number of aliphatic carboxylic acids is 1. The first-order valence-corrected chi connectivity index (χ1v) is 4.76. The van der Waals surface area contributed by atoms with Crippen molar-refractivity contribution >= 4 is 5.97 Å². The number of methoxy groups -OCH3 is 1. The molecule has 0 heterocycles. The average Bonchev–Trinajstić information content (AvgIpc) is 2.09. The van der Waals surface area contributed by atoms with Gasteiger partial charge >= 0.3 is 5.97 Å². The van der Waals surface area contributed by atoms with Crippen LogP contribution in [0.1, 0.15) is 19.3 Å². The van der Waals surface area contributed by atoms with Gasteiger partial charge in [0.1, 0.15) is 0 Å². The van der Waals surface area contributed by atoms with Gasteiger partial charge in [0, 0.05) is 25.8 Å². The first-order valence-electron chi connectivity index (χ1n) is 4.76. The van der Waals surface area contributed by atoms with E-state index in [9.17, 15) is 4.79 Å². The number of nitrogens with one attached hydrogen (secondary N) is 1. The van der Waals surface area contributed by atoms with Gasteiger partial charge in [-0.2, -0.15) is 0 Å². The van der Waals surface area contributed by atoms with Crippen molar-refractivity contribution in [1.82, 2.24) is 5.32 Å². The minimum atomic E-state index is -0.947. The Bertz CT molecular complexity index is 228. The van der Waals surface area contributed by atoms with E-state index in [1.165, 1.54) is 6.42 Å². The molecule has 0 amide bonds. The van der Waals surface area contributed by atoms with Crippen LogP contribution in [0.15, 0.2) is 12.2 Å². The Kier molecular flexibility index (Phi) is 3.66. The second-order valence-corrected chi connectivity index (χ2v) is 3.75. The summed E-state index contributed by atoms with van der Waals surface area (Å²) in [5.74, 6) is -0.947. The van der Waals surface area contributed by atoms with Gasteiger partial charge in [0.2, 0.25) is 0 Å². The highest BCUT2D eigenvalue weighted by atomic mass is 16.5. The molecule has 14 heavy (non-hydrogen) atoms. The van der Waals surface area contributed by atoms with Crippen molar-refractivity contribution < 1.29 is 14.6 Å². The van der Waals surface area contributed by atoms with Crippen LogP contribution in [0, 0.1) is 0 Å². The fraction of sp³-hybridized carbons (Fsp3) is 0.700. The van der Waals surface area contributed by atoms with Gasteiger partial charge in [-0.1, -0.05) is 6.58 Å². The fourth-order valence-corrected chi connectivity index (χ4v) is 1.54. The second-order valence-electron chi connectivity index (χ2n) is 3.75. The lowest BCUT2D eigenvalue weighted by Gasteiger charge is -2.40. The van der Waals surface area contributed by atoms with Crippen LogP contribution in [0.5, 0.6) is 0 Å². The number of carbonyl (C=O) groups is 1. The molecule has 0 aromatic carbocycles. The molecule has 0 spiro atoms. The second kappa shape index (κ2) is 4.57. The lowest BCUT2D eigenvalue weighted by atomic mass is 9.80. The lowest BCUT2D eigenvalue weighted by Crippen LogP contribution is -2.48. The molecular weight excluding hydrogens is 182 g/mol. The number of rotatable bonds is 6. The van der Waals surface area contributed by atoms with Crippen LogP contribution in [0.2, 0.25) is 0 Å². The Morgan fingerprint density at radius 2 is 2.29 bits per heavy atom. The van der Waals surface area contributed by atoms with Crippen LogP contribution in [0.25, 0.3) is 0 Å². The number of carboxylic acid groups (broad SMARTS) is 1. The number of ether oxygens (including phenoxy) is 1. The molecule has 0 unspecified atom stereocenters. The molecule has 1 saturated carbocycles. The predicted octanol–water partition coefficient (Wildman–Crippen LogP) is 0.786. The van der Waals surface area contributed by atoms with Crippen molar-refractivity contribution in [2.24, 2.45) is 0 Å². The molecule has 0 aliphatic heterocycles. The molecule has 4 heteroatoms. The van der Waals surface area contributed by atoms with Crippen molar-refractivity contribution in [1.29, 1.82) is 0 Å². The van der Waals surface area contributed by atoms with Gasteiger partial charge in [0.15, 0.2) is 0 Å². The van der Waals surface area contributed by atoms with Crippen LogP contribution >= 0.6 is 0 Å². The molecule has 4 nitrogen and oxygen atoms in total. The van der Waals surface area contributed by atoms with E-state index in [1.807, 2.05) is 0 Å². The summed E-state index contributed by atoms with van der Waals surface area (Å²) in [6.07, 6.45) is 3.29. The molecule has 80 valence electrons. The minimum absolute atomic E-state index is 0.0568. The van der Waals surface area contributed by atoms with Gasteiger partial charge in [0.05, 0.1) is 5.60 Å². The quantitative estimate of drug-likeness (QED) is 0.621. The highest BCUT2D eigenvalue weighted by Crippen LogP contribution is 2.34. The summed E-state index contributed by atoms with van der Waals surface area (Å²) in [6, 6.07) is 0. The number of hydrogen-bond donors (Lipinski definition) is 2. The summed E-state index contributed by atoms with van der Waals surface area (Å²) in [4.78, 5) is 10.4. The van der Waals surface area contributed by atoms with Crippen LogP contribution < -0.4 is 5.32 Å². The fourth-order valence-electron chi connectivity index (χ4n) is 1.54. The molecule has 1 fully saturated rings. The zero-order chi connectivity index (χ0) is 10.6. The average molecular weight is 199 g/mol. The third-order valence-corrected chi connectivity index (χ3v) is 2.79. The molecule has 1 aliphatic rings. The Morgan fingerprint density at radius 3 is 2.64 bits per heavy atom. The number of hydrogen-bond acceptors (Lipinski definition) is 3. The van der Waals surface area contributed by atoms with Crippen LogP contribution in [-0.2, 0) is 9.53 Å². The van der Waals surface area contributed by atoms with E-state index in [-0.39, 0.29) is 11.2 Å². The van der Waals surface area contributed by atoms with Crippen molar-refractivity contribution in [3.63, 3.8) is 0 Å². The summed E-state index contributed by atoms with van der Waals surface area (Å²) >= 11 is 0. The van der Waals surface area contributed by atoms with Gasteiger partial charge in [-0.05, 0) is 19.3 Å². The van der Waals surface area contributed by atoms with E-state index in [0.29, 0.717) is 13.1 Å². The summed E-state index contributed by atoms with van der Waals surface area (Å²) in [5, 5.41) is 11.6. The Labute approximate surface area is 83.9 Å². The molecule has 2 N–H and O–H groups in total. The standard InChI is InChI=1S/C10H17NO3/c1-8(9(12)13)6-11-7-10(14-2)4-3-5-10/h11H,1,3-7H2,2H3,(H,12,13). The third-order valence-electron chi connectivity index (χ3n) is 2.79. The first-order chi connectivity index (χ1) is 6.59. The summed E-state index contributed by atoms with van der Waals surface area (Å²) < 4.78 is 5.38. The molecule has 0 aromatic rings. The van der Waals surface area contributed by atoms with Gasteiger partial charge in [-0.25, -0.2) is 4.79 Å². The largest absolute Gasteiger partial charge is 0.478 e. The van der Waals surface area contributed by atoms with Crippen LogP contribution in [0.4, 0.5) is 0 Å². The summed E-state index contributed by atoms with van der Waals surface area (Å²) in [7, 11) is 1.70. The van der Waals surface area contributed by atoms with Crippen molar-refractivity contribution in [2.75, 3.05) is 20.2 Å². The minimum Gasteiger partial charge on any atom is -0.478 e. The van der Waals surface area contributed by atoms with E-state index in [1.54, 1.807) is 7.11 Å². The third kappa shape index (κ3) is 2.56. The van der Waals surface area contributed by atoms with Gasteiger partial charge in [-0.3, -0.25) is 0 Å². The maximum Gasteiger partial charge on any atom is 0.332 e. The van der Waals surface area contributed by atoms with Gasteiger partial charge in [-0.15, -0.1) is 0 Å². The smallest absolute Gasteiger partial charge is 0.332 e. The highest BCUT2D eigenvalue weighted by Gasteiger charge is 2.36. The topological polar surface area (TPSA) is 58.6 Å². The Balaban J connectivity index is 2.20. The summed E-state index contributed by atoms with van der Waals surface area (Å²) in [6.45, 7) is 4.46. The van der Waals surface area contributed by atoms with Crippen molar-refractivity contribution in [3.05, 3.63) is 12.2 Å². The molecule has 1 rings (SSSR count). The maximum absolute atomic E-state index is 10.4. The summed E-state index contributed by atoms with van der Waals surface area (Å²) in [5.41, 5.74) is 0.134. The zero-order valence-corrected chi connectivity index (χ0v) is 8.51. The molecule has 0 radical (unpaired) electrons. The molecule has 0 saturated heterocycles. The van der Waals surface area contributed by atoms with Gasteiger partial charge < -0.3 is 15.2 Å².